The fraction of sp³-hybridized carbons (Fsp3) is 0.200. The van der Waals surface area contributed by atoms with E-state index in [1.54, 1.807) is 24.3 Å². The van der Waals surface area contributed by atoms with Crippen LogP contribution in [0.25, 0.3) is 0 Å². The first-order chi connectivity index (χ1) is 10.1. The molecule has 0 aliphatic rings. The minimum absolute atomic E-state index is 0.0777. The van der Waals surface area contributed by atoms with Gasteiger partial charge in [-0.3, -0.25) is 9.59 Å². The Morgan fingerprint density at radius 3 is 2.67 bits per heavy atom. The molecule has 0 aliphatic carbocycles. The van der Waals surface area contributed by atoms with Crippen molar-refractivity contribution >= 4 is 11.8 Å². The molecule has 5 nitrogen and oxygen atoms in total. The number of amides is 2. The highest BCUT2D eigenvalue weighted by Crippen LogP contribution is 2.06. The largest absolute Gasteiger partial charge is 0.459 e. The van der Waals surface area contributed by atoms with Crippen molar-refractivity contribution in [1.82, 2.24) is 10.2 Å². The minimum atomic E-state index is -0.388. The lowest BCUT2D eigenvalue weighted by atomic mass is 10.2. The van der Waals surface area contributed by atoms with E-state index in [2.05, 4.69) is 5.32 Å². The van der Waals surface area contributed by atoms with Crippen LogP contribution in [0.1, 0.15) is 16.1 Å². The van der Waals surface area contributed by atoms with Crippen molar-refractivity contribution in [3.8, 4) is 0 Å². The average Bonchev–Trinajstić information content (AvgIpc) is 2.99. The molecule has 110 valence electrons. The average molecular weight is 290 g/mol. The number of nitrogens with one attached hydrogen (secondary N) is 1. The number of carbonyl (C=O) groups is 2. The van der Waals surface area contributed by atoms with E-state index in [0.717, 1.165) is 0 Å². The van der Waals surface area contributed by atoms with E-state index in [4.69, 9.17) is 4.42 Å². The first-order valence-corrected chi connectivity index (χ1v) is 6.37. The third-order valence-corrected chi connectivity index (χ3v) is 2.89. The van der Waals surface area contributed by atoms with E-state index in [0.29, 0.717) is 5.56 Å². The smallest absolute Gasteiger partial charge is 0.289 e. The topological polar surface area (TPSA) is 62.6 Å². The van der Waals surface area contributed by atoms with Crippen LogP contribution in [-0.4, -0.2) is 30.3 Å². The van der Waals surface area contributed by atoms with Crippen LogP contribution >= 0.6 is 0 Å². The second-order valence-electron chi connectivity index (χ2n) is 4.51. The summed E-state index contributed by atoms with van der Waals surface area (Å²) < 4.78 is 18.4. The highest BCUT2D eigenvalue weighted by atomic mass is 19.1. The van der Waals surface area contributed by atoms with E-state index >= 15 is 0 Å². The van der Waals surface area contributed by atoms with Crippen molar-refractivity contribution in [3.63, 3.8) is 0 Å². The number of rotatable bonds is 5. The molecule has 2 rings (SSSR count). The van der Waals surface area contributed by atoms with Gasteiger partial charge in [0, 0.05) is 19.2 Å². The van der Waals surface area contributed by atoms with Crippen LogP contribution in [0.4, 0.5) is 4.39 Å². The van der Waals surface area contributed by atoms with Gasteiger partial charge in [-0.05, 0) is 18.2 Å². The zero-order valence-corrected chi connectivity index (χ0v) is 11.5. The summed E-state index contributed by atoms with van der Waals surface area (Å²) in [6.45, 7) is -0.0533. The van der Waals surface area contributed by atoms with Gasteiger partial charge in [0.25, 0.3) is 5.91 Å². The Kier molecular flexibility index (Phi) is 4.71. The molecule has 1 aromatic carbocycles. The lowest BCUT2D eigenvalue weighted by Crippen LogP contribution is -2.38. The standard InChI is InChI=1S/C15H15FN2O3/c1-18(15(20)13-7-4-8-21-13)10-14(19)17-9-11-5-2-3-6-12(11)16/h2-8H,9-10H2,1H3,(H,17,19). The van der Waals surface area contributed by atoms with Crippen molar-refractivity contribution in [3.05, 3.63) is 59.8 Å². The molecule has 1 aromatic heterocycles. The molecule has 21 heavy (non-hydrogen) atoms. The van der Waals surface area contributed by atoms with Gasteiger partial charge in [0.05, 0.1) is 12.8 Å². The van der Waals surface area contributed by atoms with E-state index in [1.807, 2.05) is 0 Å². The Hall–Kier alpha value is -2.63. The SMILES string of the molecule is CN(CC(=O)NCc1ccccc1F)C(=O)c1ccco1. The molecule has 0 spiro atoms. The van der Waals surface area contributed by atoms with Gasteiger partial charge in [-0.2, -0.15) is 0 Å². The molecule has 6 heteroatoms. The summed E-state index contributed by atoms with van der Waals surface area (Å²) in [5.41, 5.74) is 0.394. The molecule has 0 bridgehead atoms. The molecule has 0 aliphatic heterocycles. The monoisotopic (exact) mass is 290 g/mol. The number of hydrogen-bond donors (Lipinski definition) is 1. The number of furan rings is 1. The Morgan fingerprint density at radius 1 is 1.24 bits per heavy atom. The predicted octanol–water partition coefficient (Wildman–Crippen LogP) is 1.81. The third kappa shape index (κ3) is 3.92. The highest BCUT2D eigenvalue weighted by molar-refractivity contribution is 5.94. The van der Waals surface area contributed by atoms with E-state index in [-0.39, 0.29) is 36.5 Å². The van der Waals surface area contributed by atoms with Gasteiger partial charge in [-0.1, -0.05) is 18.2 Å². The summed E-state index contributed by atoms with van der Waals surface area (Å²) in [6, 6.07) is 9.31. The van der Waals surface area contributed by atoms with Gasteiger partial charge in [0.15, 0.2) is 5.76 Å². The fourth-order valence-corrected chi connectivity index (χ4v) is 1.77. The van der Waals surface area contributed by atoms with Gasteiger partial charge < -0.3 is 14.6 Å². The maximum Gasteiger partial charge on any atom is 0.289 e. The van der Waals surface area contributed by atoms with Gasteiger partial charge in [0.2, 0.25) is 5.91 Å². The number of nitrogens with zero attached hydrogens (tertiary/aromatic N) is 1. The highest BCUT2D eigenvalue weighted by Gasteiger charge is 2.17. The molecule has 0 saturated carbocycles. The summed E-state index contributed by atoms with van der Waals surface area (Å²) in [5, 5.41) is 2.57. The van der Waals surface area contributed by atoms with Crippen molar-refractivity contribution < 1.29 is 18.4 Å². The summed E-state index contributed by atoms with van der Waals surface area (Å²) in [6.07, 6.45) is 1.39. The molecule has 0 fully saturated rings. The summed E-state index contributed by atoms with van der Waals surface area (Å²) >= 11 is 0. The Bertz CT molecular complexity index is 626. The van der Waals surface area contributed by atoms with Crippen LogP contribution in [-0.2, 0) is 11.3 Å². The van der Waals surface area contributed by atoms with Crippen LogP contribution < -0.4 is 5.32 Å². The predicted molar refractivity (Wildman–Crippen MR) is 73.9 cm³/mol. The lowest BCUT2D eigenvalue weighted by molar-refractivity contribution is -0.121. The van der Waals surface area contributed by atoms with Crippen LogP contribution in [0.15, 0.2) is 47.1 Å². The van der Waals surface area contributed by atoms with Crippen molar-refractivity contribution in [2.45, 2.75) is 6.54 Å². The van der Waals surface area contributed by atoms with E-state index in [9.17, 15) is 14.0 Å². The fourth-order valence-electron chi connectivity index (χ4n) is 1.77. The molecule has 1 heterocycles. The summed E-state index contributed by atoms with van der Waals surface area (Å²) in [4.78, 5) is 24.8. The molecule has 0 saturated heterocycles. The molecular weight excluding hydrogens is 275 g/mol. The number of carbonyl (C=O) groups excluding carboxylic acids is 2. The second-order valence-corrected chi connectivity index (χ2v) is 4.51. The maximum absolute atomic E-state index is 13.4. The molecule has 2 aromatic rings. The third-order valence-electron chi connectivity index (χ3n) is 2.89. The molecule has 1 N–H and O–H groups in total. The first kappa shape index (κ1) is 14.8. The maximum atomic E-state index is 13.4. The molecule has 0 radical (unpaired) electrons. The number of benzene rings is 1. The van der Waals surface area contributed by atoms with Crippen LogP contribution in [0.3, 0.4) is 0 Å². The lowest BCUT2D eigenvalue weighted by Gasteiger charge is -2.15. The Balaban J connectivity index is 1.84. The molecule has 0 atom stereocenters. The number of likely N-dealkylation sites (N-methyl/N-ethyl adjacent to an activating group) is 1. The molecule has 2 amide bonds. The molecular formula is C15H15FN2O3. The zero-order chi connectivity index (χ0) is 15.2. The first-order valence-electron chi connectivity index (χ1n) is 6.37. The summed E-state index contributed by atoms with van der Waals surface area (Å²) in [7, 11) is 1.49. The number of halogens is 1. The Morgan fingerprint density at radius 2 is 2.00 bits per heavy atom. The van der Waals surface area contributed by atoms with Crippen LogP contribution in [0, 0.1) is 5.82 Å². The quantitative estimate of drug-likeness (QED) is 0.913. The normalized spacial score (nSPS) is 10.2. The van der Waals surface area contributed by atoms with Gasteiger partial charge >= 0.3 is 0 Å². The van der Waals surface area contributed by atoms with Gasteiger partial charge in [0.1, 0.15) is 5.82 Å². The molecule has 0 unspecified atom stereocenters. The number of hydrogen-bond acceptors (Lipinski definition) is 3. The Labute approximate surface area is 121 Å². The minimum Gasteiger partial charge on any atom is -0.459 e. The zero-order valence-electron chi connectivity index (χ0n) is 11.5. The van der Waals surface area contributed by atoms with Crippen molar-refractivity contribution in [1.29, 1.82) is 0 Å². The van der Waals surface area contributed by atoms with E-state index in [1.165, 1.54) is 30.3 Å². The summed E-state index contributed by atoms with van der Waals surface area (Å²) in [5.74, 6) is -0.973. The second kappa shape index (κ2) is 6.69. The van der Waals surface area contributed by atoms with Crippen LogP contribution in [0.2, 0.25) is 0 Å². The van der Waals surface area contributed by atoms with Crippen molar-refractivity contribution in [2.75, 3.05) is 13.6 Å². The van der Waals surface area contributed by atoms with Gasteiger partial charge in [-0.25, -0.2) is 4.39 Å². The van der Waals surface area contributed by atoms with E-state index < -0.39 is 0 Å². The van der Waals surface area contributed by atoms with Crippen LogP contribution in [0.5, 0.6) is 0 Å². The van der Waals surface area contributed by atoms with Crippen molar-refractivity contribution in [2.24, 2.45) is 0 Å². The van der Waals surface area contributed by atoms with Gasteiger partial charge in [-0.15, -0.1) is 0 Å².